The molecule has 2 aromatic carbocycles. The summed E-state index contributed by atoms with van der Waals surface area (Å²) < 4.78 is 5.50. The van der Waals surface area contributed by atoms with E-state index in [4.69, 9.17) is 4.74 Å². The van der Waals surface area contributed by atoms with Crippen LogP contribution < -0.4 is 0 Å². The molecular formula is C25H29N3O4. The molecule has 7 heteroatoms. The number of carbonyl (C=O) groups excluding carboxylic acids is 1. The molecular weight excluding hydrogens is 406 g/mol. The van der Waals surface area contributed by atoms with Crippen LogP contribution in [0.25, 0.3) is 0 Å². The summed E-state index contributed by atoms with van der Waals surface area (Å²) >= 11 is 0. The highest BCUT2D eigenvalue weighted by atomic mass is 16.5. The van der Waals surface area contributed by atoms with Gasteiger partial charge in [0.25, 0.3) is 5.91 Å². The summed E-state index contributed by atoms with van der Waals surface area (Å²) in [5.74, 6) is -0.118. The normalized spacial score (nSPS) is 23.4. The minimum atomic E-state index is -1.04. The molecule has 1 fully saturated rings. The second kappa shape index (κ2) is 8.92. The number of nitrogens with zero attached hydrogens (tertiary/aromatic N) is 3. The van der Waals surface area contributed by atoms with Gasteiger partial charge in [-0.1, -0.05) is 48.5 Å². The molecule has 32 heavy (non-hydrogen) atoms. The standard InChI is InChI=1S/C25H29N3O4/c29-24(23-22-8-4-3-5-18(22)9-10-27(23)25(30)31)28-16-20-7-2-1-6-19(20)15-21(28)17-26-11-13-32-14-12-26/h1-8,21,23H,9-17H2,(H,30,31)/t21-,23?/m0/s1. The van der Waals surface area contributed by atoms with E-state index in [1.54, 1.807) is 0 Å². The summed E-state index contributed by atoms with van der Waals surface area (Å²) in [5, 5.41) is 9.90. The lowest BCUT2D eigenvalue weighted by Gasteiger charge is -2.44. The fourth-order valence-electron chi connectivity index (χ4n) is 5.29. The van der Waals surface area contributed by atoms with Crippen LogP contribution in [0.5, 0.6) is 0 Å². The maximum atomic E-state index is 14.1. The molecule has 0 bridgehead atoms. The van der Waals surface area contributed by atoms with E-state index in [0.29, 0.717) is 32.7 Å². The molecule has 2 atom stereocenters. The fraction of sp³-hybridized carbons (Fsp3) is 0.440. The monoisotopic (exact) mass is 435 g/mol. The SMILES string of the molecule is O=C(O)N1CCc2ccccc2C1C(=O)N1Cc2ccccc2C[C@H]1CN1CCOCC1. The lowest BCUT2D eigenvalue weighted by atomic mass is 9.89. The van der Waals surface area contributed by atoms with Crippen molar-refractivity contribution in [2.45, 2.75) is 31.5 Å². The van der Waals surface area contributed by atoms with Crippen molar-refractivity contribution in [3.05, 3.63) is 70.8 Å². The maximum Gasteiger partial charge on any atom is 0.408 e. The van der Waals surface area contributed by atoms with Gasteiger partial charge in [0.05, 0.1) is 13.2 Å². The Bertz CT molecular complexity index is 1000. The predicted octanol–water partition coefficient (Wildman–Crippen LogP) is 2.55. The van der Waals surface area contributed by atoms with E-state index in [2.05, 4.69) is 17.0 Å². The summed E-state index contributed by atoms with van der Waals surface area (Å²) in [7, 11) is 0. The number of rotatable bonds is 3. The Labute approximate surface area is 188 Å². The van der Waals surface area contributed by atoms with Gasteiger partial charge in [-0.2, -0.15) is 0 Å². The average molecular weight is 436 g/mol. The smallest absolute Gasteiger partial charge is 0.408 e. The second-order valence-corrected chi connectivity index (χ2v) is 8.83. The number of hydrogen-bond acceptors (Lipinski definition) is 4. The molecule has 0 radical (unpaired) electrons. The van der Waals surface area contributed by atoms with Crippen molar-refractivity contribution in [1.29, 1.82) is 0 Å². The quantitative estimate of drug-likeness (QED) is 0.802. The van der Waals surface area contributed by atoms with Crippen molar-refractivity contribution in [3.63, 3.8) is 0 Å². The Morgan fingerprint density at radius 2 is 1.59 bits per heavy atom. The number of amides is 2. The van der Waals surface area contributed by atoms with Crippen molar-refractivity contribution in [3.8, 4) is 0 Å². The first-order valence-electron chi connectivity index (χ1n) is 11.4. The van der Waals surface area contributed by atoms with Crippen LogP contribution in [0.3, 0.4) is 0 Å². The predicted molar refractivity (Wildman–Crippen MR) is 119 cm³/mol. The molecule has 0 saturated carbocycles. The van der Waals surface area contributed by atoms with E-state index in [-0.39, 0.29) is 11.9 Å². The Morgan fingerprint density at radius 1 is 0.906 bits per heavy atom. The van der Waals surface area contributed by atoms with E-state index in [1.165, 1.54) is 10.5 Å². The lowest BCUT2D eigenvalue weighted by molar-refractivity contribution is -0.141. The highest BCUT2D eigenvalue weighted by molar-refractivity contribution is 5.88. The summed E-state index contributed by atoms with van der Waals surface area (Å²) in [6, 6.07) is 15.2. The van der Waals surface area contributed by atoms with Crippen LogP contribution >= 0.6 is 0 Å². The van der Waals surface area contributed by atoms with Gasteiger partial charge >= 0.3 is 6.09 Å². The van der Waals surface area contributed by atoms with Crippen molar-refractivity contribution >= 4 is 12.0 Å². The van der Waals surface area contributed by atoms with Crippen LogP contribution in [0.1, 0.15) is 28.3 Å². The molecule has 7 nitrogen and oxygen atoms in total. The first kappa shape index (κ1) is 21.0. The van der Waals surface area contributed by atoms with E-state index in [0.717, 1.165) is 42.7 Å². The first-order chi connectivity index (χ1) is 15.6. The molecule has 0 aromatic heterocycles. The molecule has 1 N–H and O–H groups in total. The zero-order chi connectivity index (χ0) is 22.1. The third kappa shape index (κ3) is 3.98. The summed E-state index contributed by atoms with van der Waals surface area (Å²) in [6.07, 6.45) is 0.368. The van der Waals surface area contributed by atoms with Crippen LogP contribution in [0, 0.1) is 0 Å². The van der Waals surface area contributed by atoms with Gasteiger partial charge in [-0.15, -0.1) is 0 Å². The zero-order valence-electron chi connectivity index (χ0n) is 18.2. The molecule has 1 saturated heterocycles. The Morgan fingerprint density at radius 3 is 2.34 bits per heavy atom. The molecule has 3 heterocycles. The van der Waals surface area contributed by atoms with E-state index < -0.39 is 12.1 Å². The summed E-state index contributed by atoms with van der Waals surface area (Å²) in [6.45, 7) is 4.74. The van der Waals surface area contributed by atoms with Gasteiger partial charge in [0.15, 0.2) is 0 Å². The Balaban J connectivity index is 1.49. The van der Waals surface area contributed by atoms with Gasteiger partial charge in [-0.25, -0.2) is 4.79 Å². The topological polar surface area (TPSA) is 73.3 Å². The van der Waals surface area contributed by atoms with E-state index in [9.17, 15) is 14.7 Å². The Kier molecular flexibility index (Phi) is 5.85. The molecule has 3 aliphatic heterocycles. The minimum Gasteiger partial charge on any atom is -0.465 e. The van der Waals surface area contributed by atoms with Crippen molar-refractivity contribution in [2.75, 3.05) is 39.4 Å². The number of fused-ring (bicyclic) bond motifs is 2. The molecule has 2 amide bonds. The third-order valence-electron chi connectivity index (χ3n) is 6.97. The maximum absolute atomic E-state index is 14.1. The number of benzene rings is 2. The highest BCUT2D eigenvalue weighted by Crippen LogP contribution is 2.34. The summed E-state index contributed by atoms with van der Waals surface area (Å²) in [5.41, 5.74) is 4.29. The largest absolute Gasteiger partial charge is 0.465 e. The molecule has 0 spiro atoms. The van der Waals surface area contributed by atoms with Gasteiger partial charge < -0.3 is 14.7 Å². The molecule has 2 aromatic rings. The number of morpholine rings is 1. The summed E-state index contributed by atoms with van der Waals surface area (Å²) in [4.78, 5) is 31.8. The number of carbonyl (C=O) groups is 2. The van der Waals surface area contributed by atoms with Gasteiger partial charge in [0.1, 0.15) is 6.04 Å². The molecule has 5 rings (SSSR count). The second-order valence-electron chi connectivity index (χ2n) is 8.83. The van der Waals surface area contributed by atoms with Gasteiger partial charge in [-0.3, -0.25) is 14.6 Å². The van der Waals surface area contributed by atoms with Crippen LogP contribution in [0.2, 0.25) is 0 Å². The molecule has 3 aliphatic rings. The van der Waals surface area contributed by atoms with Gasteiger partial charge in [-0.05, 0) is 35.1 Å². The highest BCUT2D eigenvalue weighted by Gasteiger charge is 2.41. The van der Waals surface area contributed by atoms with Crippen LogP contribution in [0.15, 0.2) is 48.5 Å². The van der Waals surface area contributed by atoms with Crippen LogP contribution in [-0.2, 0) is 28.9 Å². The van der Waals surface area contributed by atoms with E-state index in [1.807, 2.05) is 41.3 Å². The van der Waals surface area contributed by atoms with Crippen LogP contribution in [0.4, 0.5) is 4.79 Å². The number of hydrogen-bond donors (Lipinski definition) is 1. The lowest BCUT2D eigenvalue weighted by Crippen LogP contribution is -2.55. The van der Waals surface area contributed by atoms with Gasteiger partial charge in [0, 0.05) is 38.8 Å². The number of ether oxygens (including phenoxy) is 1. The Hall–Kier alpha value is -2.90. The number of carboxylic acid groups (broad SMARTS) is 1. The zero-order valence-corrected chi connectivity index (χ0v) is 18.2. The average Bonchev–Trinajstić information content (AvgIpc) is 2.83. The fourth-order valence-corrected chi connectivity index (χ4v) is 5.29. The van der Waals surface area contributed by atoms with Crippen molar-refractivity contribution in [2.24, 2.45) is 0 Å². The van der Waals surface area contributed by atoms with Crippen molar-refractivity contribution in [1.82, 2.24) is 14.7 Å². The van der Waals surface area contributed by atoms with Crippen LogP contribution in [-0.4, -0.2) is 77.2 Å². The first-order valence-corrected chi connectivity index (χ1v) is 11.4. The molecule has 168 valence electrons. The molecule has 1 unspecified atom stereocenters. The molecule has 0 aliphatic carbocycles. The van der Waals surface area contributed by atoms with Crippen molar-refractivity contribution < 1.29 is 19.4 Å². The third-order valence-corrected chi connectivity index (χ3v) is 6.97. The minimum absolute atomic E-state index is 0.000216. The van der Waals surface area contributed by atoms with Gasteiger partial charge in [0.2, 0.25) is 0 Å². The van der Waals surface area contributed by atoms with E-state index >= 15 is 0 Å².